The van der Waals surface area contributed by atoms with E-state index in [1.165, 1.54) is 173 Å². The average molecular weight is 661 g/mol. The molecule has 4 nitrogen and oxygen atoms in total. The summed E-state index contributed by atoms with van der Waals surface area (Å²) < 4.78 is 0. The van der Waals surface area contributed by atoms with E-state index in [2.05, 4.69) is 27.7 Å². The number of nitrogens with zero attached hydrogens (tertiary/aromatic N) is 1. The van der Waals surface area contributed by atoms with Crippen LogP contribution in [0.15, 0.2) is 0 Å². The lowest BCUT2D eigenvalue weighted by Gasteiger charge is -2.44. The Labute approximate surface area is 294 Å². The fraction of sp³-hybridized carbons (Fsp3) is 0.977. The van der Waals surface area contributed by atoms with Crippen LogP contribution in [-0.2, 0) is 4.79 Å². The van der Waals surface area contributed by atoms with Gasteiger partial charge in [-0.2, -0.15) is 0 Å². The zero-order valence-electron chi connectivity index (χ0n) is 32.4. The summed E-state index contributed by atoms with van der Waals surface area (Å²) in [5, 5.41) is 10.3. The molecular formula is C43H84N2O2. The molecule has 0 aromatic heterocycles. The summed E-state index contributed by atoms with van der Waals surface area (Å²) in [5.74, 6) is 4.06. The fourth-order valence-electron chi connectivity index (χ4n) is 9.60. The summed E-state index contributed by atoms with van der Waals surface area (Å²) in [6.45, 7) is 9.81. The zero-order chi connectivity index (χ0) is 34.2. The molecule has 47 heavy (non-hydrogen) atoms. The molecule has 1 amide bonds. The van der Waals surface area contributed by atoms with E-state index in [-0.39, 0.29) is 11.4 Å². The van der Waals surface area contributed by atoms with Crippen molar-refractivity contribution >= 4 is 5.91 Å². The van der Waals surface area contributed by atoms with E-state index in [4.69, 9.17) is 5.73 Å². The summed E-state index contributed by atoms with van der Waals surface area (Å²) >= 11 is 0. The van der Waals surface area contributed by atoms with Crippen LogP contribution in [0.5, 0.6) is 0 Å². The predicted octanol–water partition coefficient (Wildman–Crippen LogP) is 12.5. The van der Waals surface area contributed by atoms with Gasteiger partial charge in [0.15, 0.2) is 0 Å². The molecule has 4 heteroatoms. The van der Waals surface area contributed by atoms with E-state index in [9.17, 15) is 9.90 Å². The van der Waals surface area contributed by atoms with Crippen molar-refractivity contribution in [2.45, 2.75) is 239 Å². The molecule has 2 fully saturated rings. The van der Waals surface area contributed by atoms with Crippen molar-refractivity contribution in [2.24, 2.45) is 29.4 Å². The van der Waals surface area contributed by atoms with Crippen LogP contribution in [0.25, 0.3) is 0 Å². The van der Waals surface area contributed by atoms with E-state index in [0.717, 1.165) is 43.1 Å². The second-order valence-corrected chi connectivity index (χ2v) is 16.8. The summed E-state index contributed by atoms with van der Waals surface area (Å²) in [7, 11) is 0. The Hall–Kier alpha value is -0.610. The molecule has 1 aliphatic heterocycles. The molecule has 2 aliphatic rings. The Balaban J connectivity index is 1.85. The molecule has 3 N–H and O–H groups in total. The van der Waals surface area contributed by atoms with E-state index in [1.54, 1.807) is 4.90 Å². The minimum Gasteiger partial charge on any atom is -0.373 e. The van der Waals surface area contributed by atoms with E-state index in [1.807, 2.05) is 0 Å². The molecule has 0 aromatic carbocycles. The zero-order valence-corrected chi connectivity index (χ0v) is 32.4. The number of hydrogen-bond acceptors (Lipinski definition) is 3. The molecule has 0 bridgehead atoms. The Morgan fingerprint density at radius 2 is 1.00 bits per heavy atom. The van der Waals surface area contributed by atoms with Crippen LogP contribution in [0.1, 0.15) is 227 Å². The molecule has 2 rings (SSSR count). The second-order valence-electron chi connectivity index (χ2n) is 16.8. The topological polar surface area (TPSA) is 66.6 Å². The standard InChI is InChI=1S/C43H84N2O2/c1-5-7-9-11-17-23-29-39-37(27-21-10-8-6-2)31-32-38(40(39)30-24-18-13-15-20-26-36-44)28-22-16-12-14-19-25-35-43(3,4)45-41(46)33-34-42(45)47/h37-41,46H,5-36,44H2,1-4H3. The van der Waals surface area contributed by atoms with Gasteiger partial charge in [0, 0.05) is 18.4 Å². The summed E-state index contributed by atoms with van der Waals surface area (Å²) in [5.41, 5.74) is 5.51. The minimum absolute atomic E-state index is 0.128. The fourth-order valence-corrected chi connectivity index (χ4v) is 9.60. The number of aliphatic hydroxyl groups is 1. The van der Waals surface area contributed by atoms with Gasteiger partial charge in [0.25, 0.3) is 0 Å². The molecule has 5 unspecified atom stereocenters. The summed E-state index contributed by atoms with van der Waals surface area (Å²) in [6, 6.07) is 0. The maximum atomic E-state index is 12.3. The number of hydrogen-bond donors (Lipinski definition) is 2. The second kappa shape index (κ2) is 26.2. The molecule has 1 heterocycles. The van der Waals surface area contributed by atoms with Crippen LogP contribution >= 0.6 is 0 Å². The third-order valence-electron chi connectivity index (χ3n) is 12.4. The van der Waals surface area contributed by atoms with Gasteiger partial charge in [0.2, 0.25) is 5.91 Å². The van der Waals surface area contributed by atoms with Crippen molar-refractivity contribution in [2.75, 3.05) is 6.54 Å². The monoisotopic (exact) mass is 661 g/mol. The van der Waals surface area contributed by atoms with Gasteiger partial charge in [-0.25, -0.2) is 0 Å². The Morgan fingerprint density at radius 1 is 0.596 bits per heavy atom. The third kappa shape index (κ3) is 17.2. The van der Waals surface area contributed by atoms with Crippen LogP contribution in [0.4, 0.5) is 0 Å². The van der Waals surface area contributed by atoms with Gasteiger partial charge in [-0.05, 0) is 82.6 Å². The van der Waals surface area contributed by atoms with Crippen molar-refractivity contribution in [1.29, 1.82) is 0 Å². The predicted molar refractivity (Wildman–Crippen MR) is 204 cm³/mol. The highest BCUT2D eigenvalue weighted by molar-refractivity contribution is 5.79. The van der Waals surface area contributed by atoms with Crippen molar-refractivity contribution in [1.82, 2.24) is 4.90 Å². The molecule has 1 saturated heterocycles. The first-order valence-electron chi connectivity index (χ1n) is 21.6. The van der Waals surface area contributed by atoms with E-state index < -0.39 is 6.23 Å². The Kier molecular flexibility index (Phi) is 23.8. The van der Waals surface area contributed by atoms with Crippen LogP contribution in [0.3, 0.4) is 0 Å². The van der Waals surface area contributed by atoms with Gasteiger partial charge < -0.3 is 15.7 Å². The highest BCUT2D eigenvalue weighted by Crippen LogP contribution is 2.48. The smallest absolute Gasteiger partial charge is 0.225 e. The number of unbranched alkanes of at least 4 members (excludes halogenated alkanes) is 18. The third-order valence-corrected chi connectivity index (χ3v) is 12.4. The lowest BCUT2D eigenvalue weighted by Crippen LogP contribution is -2.49. The SMILES string of the molecule is CCCCCCCCC1C(CCCCCC)CCC(CCCCCCCCC(C)(C)N2C(=O)CCC2O)C1CCCCCCCCN. The molecule has 0 radical (unpaired) electrons. The van der Waals surface area contributed by atoms with E-state index in [0.29, 0.717) is 12.8 Å². The normalized spacial score (nSPS) is 23.7. The molecule has 0 aromatic rings. The number of aliphatic hydroxyl groups excluding tert-OH is 1. The minimum atomic E-state index is -0.579. The van der Waals surface area contributed by atoms with Crippen LogP contribution in [0, 0.1) is 23.7 Å². The Morgan fingerprint density at radius 3 is 1.45 bits per heavy atom. The number of carbonyl (C=O) groups is 1. The van der Waals surface area contributed by atoms with Crippen molar-refractivity contribution < 1.29 is 9.90 Å². The van der Waals surface area contributed by atoms with Gasteiger partial charge in [-0.15, -0.1) is 0 Å². The maximum Gasteiger partial charge on any atom is 0.225 e. The molecule has 0 spiro atoms. The number of amides is 1. The number of likely N-dealkylation sites (tertiary alicyclic amines) is 1. The highest BCUT2D eigenvalue weighted by atomic mass is 16.3. The first-order valence-corrected chi connectivity index (χ1v) is 21.6. The van der Waals surface area contributed by atoms with Crippen molar-refractivity contribution in [3.63, 3.8) is 0 Å². The quantitative estimate of drug-likeness (QED) is 0.0753. The van der Waals surface area contributed by atoms with Crippen molar-refractivity contribution in [3.05, 3.63) is 0 Å². The number of carbonyl (C=O) groups excluding carboxylic acids is 1. The summed E-state index contributed by atoms with van der Waals surface area (Å²) in [6.07, 6.45) is 40.9. The van der Waals surface area contributed by atoms with Gasteiger partial charge >= 0.3 is 0 Å². The average Bonchev–Trinajstić information content (AvgIpc) is 3.41. The molecule has 1 aliphatic carbocycles. The van der Waals surface area contributed by atoms with Gasteiger partial charge in [0.1, 0.15) is 6.23 Å². The number of nitrogens with two attached hydrogens (primary N) is 1. The lowest BCUT2D eigenvalue weighted by atomic mass is 9.61. The summed E-state index contributed by atoms with van der Waals surface area (Å²) in [4.78, 5) is 14.0. The van der Waals surface area contributed by atoms with E-state index >= 15 is 0 Å². The van der Waals surface area contributed by atoms with Gasteiger partial charge in [-0.1, -0.05) is 162 Å². The molecule has 5 atom stereocenters. The molecule has 1 saturated carbocycles. The molecule has 278 valence electrons. The first-order chi connectivity index (χ1) is 22.9. The lowest BCUT2D eigenvalue weighted by molar-refractivity contribution is -0.141. The highest BCUT2D eigenvalue weighted by Gasteiger charge is 2.40. The van der Waals surface area contributed by atoms with Crippen LogP contribution < -0.4 is 5.73 Å². The molecular weight excluding hydrogens is 576 g/mol. The van der Waals surface area contributed by atoms with Crippen LogP contribution in [0.2, 0.25) is 0 Å². The Bertz CT molecular complexity index is 754. The van der Waals surface area contributed by atoms with Gasteiger partial charge in [-0.3, -0.25) is 4.79 Å². The van der Waals surface area contributed by atoms with Crippen molar-refractivity contribution in [3.8, 4) is 0 Å². The largest absolute Gasteiger partial charge is 0.373 e. The number of rotatable bonds is 30. The van der Waals surface area contributed by atoms with Gasteiger partial charge in [0.05, 0.1) is 0 Å². The maximum absolute atomic E-state index is 12.3. The van der Waals surface area contributed by atoms with Crippen LogP contribution in [-0.4, -0.2) is 34.2 Å². The first kappa shape index (κ1) is 42.6.